The summed E-state index contributed by atoms with van der Waals surface area (Å²) in [6.07, 6.45) is 3.27. The molecule has 1 aliphatic carbocycles. The molecule has 0 saturated heterocycles. The SMILES string of the molecule is Cc1ccc(C[C@H](CCl)NC(NO)c2c(Oc3cccc(C4CC4)c3F)cnc3ccccc23)c(Cl)c1. The summed E-state index contributed by atoms with van der Waals surface area (Å²) in [5, 5.41) is 15.1. The number of halogens is 3. The predicted molar refractivity (Wildman–Crippen MR) is 145 cm³/mol. The first-order chi connectivity index (χ1) is 18.0. The predicted octanol–water partition coefficient (Wildman–Crippen LogP) is 7.42. The van der Waals surface area contributed by atoms with Crippen LogP contribution in [0.15, 0.2) is 66.9 Å². The van der Waals surface area contributed by atoms with Crippen molar-refractivity contribution in [3.63, 3.8) is 0 Å². The summed E-state index contributed by atoms with van der Waals surface area (Å²) in [7, 11) is 0. The topological polar surface area (TPSA) is 66.4 Å². The fourth-order valence-corrected chi connectivity index (χ4v) is 5.13. The molecule has 1 heterocycles. The van der Waals surface area contributed by atoms with Crippen LogP contribution in [0.5, 0.6) is 11.5 Å². The van der Waals surface area contributed by atoms with Crippen LogP contribution in [0, 0.1) is 12.7 Å². The molecular weight excluding hydrogens is 512 g/mol. The van der Waals surface area contributed by atoms with Crippen LogP contribution in [0.3, 0.4) is 0 Å². The monoisotopic (exact) mass is 539 g/mol. The Hall–Kier alpha value is -2.74. The minimum atomic E-state index is -0.787. The van der Waals surface area contributed by atoms with Crippen LogP contribution in [-0.4, -0.2) is 22.1 Å². The number of hydroxylamine groups is 1. The van der Waals surface area contributed by atoms with Gasteiger partial charge in [0.2, 0.25) is 0 Å². The largest absolute Gasteiger partial charge is 0.452 e. The van der Waals surface area contributed by atoms with Gasteiger partial charge < -0.3 is 9.94 Å². The van der Waals surface area contributed by atoms with E-state index in [1.54, 1.807) is 24.4 Å². The summed E-state index contributed by atoms with van der Waals surface area (Å²) < 4.78 is 21.4. The number of hydrogen-bond acceptors (Lipinski definition) is 5. The molecule has 0 radical (unpaired) electrons. The Morgan fingerprint density at radius 2 is 1.92 bits per heavy atom. The summed E-state index contributed by atoms with van der Waals surface area (Å²) in [6.45, 7) is 1.98. The van der Waals surface area contributed by atoms with E-state index in [-0.39, 0.29) is 29.4 Å². The number of nitrogens with one attached hydrogen (secondary N) is 2. The van der Waals surface area contributed by atoms with Crippen LogP contribution in [0.4, 0.5) is 4.39 Å². The first-order valence-electron chi connectivity index (χ1n) is 12.3. The van der Waals surface area contributed by atoms with Crippen molar-refractivity contribution in [3.8, 4) is 11.5 Å². The van der Waals surface area contributed by atoms with Crippen molar-refractivity contribution in [2.75, 3.05) is 5.88 Å². The molecule has 0 amide bonds. The highest BCUT2D eigenvalue weighted by molar-refractivity contribution is 6.31. The number of fused-ring (bicyclic) bond motifs is 1. The van der Waals surface area contributed by atoms with E-state index >= 15 is 4.39 Å². The molecule has 0 aliphatic heterocycles. The number of hydrogen-bond donors (Lipinski definition) is 3. The van der Waals surface area contributed by atoms with Gasteiger partial charge in [-0.25, -0.2) is 4.39 Å². The zero-order valence-electron chi connectivity index (χ0n) is 20.3. The minimum absolute atomic E-state index is 0.125. The maximum absolute atomic E-state index is 15.3. The lowest BCUT2D eigenvalue weighted by molar-refractivity contribution is 0.104. The maximum atomic E-state index is 15.3. The second-order valence-corrected chi connectivity index (χ2v) is 10.2. The second kappa shape index (κ2) is 11.3. The number of ether oxygens (including phenoxy) is 1. The Morgan fingerprint density at radius 3 is 2.65 bits per heavy atom. The zero-order valence-corrected chi connectivity index (χ0v) is 21.9. The van der Waals surface area contributed by atoms with Crippen molar-refractivity contribution in [1.29, 1.82) is 0 Å². The molecule has 192 valence electrons. The molecule has 37 heavy (non-hydrogen) atoms. The van der Waals surface area contributed by atoms with E-state index in [1.807, 2.05) is 49.4 Å². The van der Waals surface area contributed by atoms with Gasteiger partial charge in [-0.15, -0.1) is 11.6 Å². The van der Waals surface area contributed by atoms with E-state index in [0.717, 1.165) is 29.4 Å². The number of para-hydroxylation sites is 1. The van der Waals surface area contributed by atoms with E-state index in [1.165, 1.54) is 0 Å². The number of benzene rings is 3. The molecule has 1 fully saturated rings. The quantitative estimate of drug-likeness (QED) is 0.111. The van der Waals surface area contributed by atoms with Crippen molar-refractivity contribution >= 4 is 34.1 Å². The third-order valence-electron chi connectivity index (χ3n) is 6.69. The maximum Gasteiger partial charge on any atom is 0.169 e. The minimum Gasteiger partial charge on any atom is -0.452 e. The van der Waals surface area contributed by atoms with Crippen LogP contribution in [-0.2, 0) is 6.42 Å². The molecule has 8 heteroatoms. The van der Waals surface area contributed by atoms with Gasteiger partial charge in [-0.1, -0.05) is 54.1 Å². The highest BCUT2D eigenvalue weighted by Gasteiger charge is 2.29. The van der Waals surface area contributed by atoms with Gasteiger partial charge in [0, 0.05) is 27.9 Å². The molecule has 4 aromatic rings. The highest BCUT2D eigenvalue weighted by Crippen LogP contribution is 2.44. The average Bonchev–Trinajstić information content (AvgIpc) is 3.75. The number of rotatable bonds is 10. The van der Waals surface area contributed by atoms with Gasteiger partial charge in [-0.3, -0.25) is 10.3 Å². The lowest BCUT2D eigenvalue weighted by Crippen LogP contribution is -2.42. The summed E-state index contributed by atoms with van der Waals surface area (Å²) in [5.74, 6) is 0.591. The molecule has 1 saturated carbocycles. The molecular formula is C29H28Cl2FN3O2. The third-order valence-corrected chi connectivity index (χ3v) is 7.42. The molecule has 1 aromatic heterocycles. The van der Waals surface area contributed by atoms with Crippen molar-refractivity contribution < 1.29 is 14.3 Å². The average molecular weight is 540 g/mol. The van der Waals surface area contributed by atoms with E-state index in [9.17, 15) is 5.21 Å². The van der Waals surface area contributed by atoms with Crippen LogP contribution in [0.2, 0.25) is 5.02 Å². The fraction of sp³-hybridized carbons (Fsp3) is 0.276. The van der Waals surface area contributed by atoms with Crippen molar-refractivity contribution in [2.45, 2.75) is 44.3 Å². The van der Waals surface area contributed by atoms with Gasteiger partial charge in [-0.2, -0.15) is 5.48 Å². The number of aryl methyl sites for hydroxylation is 1. The number of aromatic nitrogens is 1. The van der Waals surface area contributed by atoms with E-state index in [2.05, 4.69) is 15.8 Å². The third kappa shape index (κ3) is 5.74. The van der Waals surface area contributed by atoms with Gasteiger partial charge in [0.25, 0.3) is 0 Å². The standard InChI is InChI=1S/C29H28Cl2FN3O2/c1-17-9-10-19(23(31)13-17)14-20(15-30)34-29(35-36)27-22-5-2-3-7-24(22)33-16-26(27)37-25-8-4-6-21(28(25)32)18-11-12-18/h2-10,13,16,18,20,29,34-36H,11-12,14-15H2,1H3/t20-,29?/m1/s1. The number of nitrogens with zero attached hydrogens (tertiary/aromatic N) is 1. The Kier molecular flexibility index (Phi) is 7.93. The lowest BCUT2D eigenvalue weighted by Gasteiger charge is -2.26. The Bertz CT molecular complexity index is 1410. The second-order valence-electron chi connectivity index (χ2n) is 9.47. The molecule has 1 aliphatic rings. The molecule has 0 spiro atoms. The van der Waals surface area contributed by atoms with Crippen LogP contribution in [0.1, 0.15) is 47.2 Å². The Morgan fingerprint density at radius 1 is 1.11 bits per heavy atom. The van der Waals surface area contributed by atoms with Crippen molar-refractivity contribution in [3.05, 3.63) is 100.0 Å². The fourth-order valence-electron chi connectivity index (χ4n) is 4.62. The zero-order chi connectivity index (χ0) is 25.9. The summed E-state index contributed by atoms with van der Waals surface area (Å²) in [4.78, 5) is 4.51. The van der Waals surface area contributed by atoms with Gasteiger partial charge in [0.15, 0.2) is 17.3 Å². The van der Waals surface area contributed by atoms with Gasteiger partial charge >= 0.3 is 0 Å². The van der Waals surface area contributed by atoms with E-state index in [0.29, 0.717) is 33.8 Å². The van der Waals surface area contributed by atoms with Crippen molar-refractivity contribution in [2.24, 2.45) is 0 Å². The number of pyridine rings is 1. The highest BCUT2D eigenvalue weighted by atomic mass is 35.5. The first kappa shape index (κ1) is 25.9. The Labute approximate surface area is 225 Å². The molecule has 3 aromatic carbocycles. The van der Waals surface area contributed by atoms with Crippen molar-refractivity contribution in [1.82, 2.24) is 15.8 Å². The van der Waals surface area contributed by atoms with Gasteiger partial charge in [-0.05, 0) is 67.0 Å². The molecule has 1 unspecified atom stereocenters. The smallest absolute Gasteiger partial charge is 0.169 e. The number of alkyl halides is 1. The van der Waals surface area contributed by atoms with Gasteiger partial charge in [0.1, 0.15) is 6.17 Å². The molecule has 0 bridgehead atoms. The first-order valence-corrected chi connectivity index (χ1v) is 13.2. The molecule has 5 rings (SSSR count). The Balaban J connectivity index is 1.50. The van der Waals surface area contributed by atoms with Crippen LogP contribution < -0.4 is 15.5 Å². The summed E-state index contributed by atoms with van der Waals surface area (Å²) >= 11 is 12.8. The summed E-state index contributed by atoms with van der Waals surface area (Å²) in [5.41, 5.74) is 6.34. The molecule has 2 atom stereocenters. The molecule has 5 nitrogen and oxygen atoms in total. The summed E-state index contributed by atoms with van der Waals surface area (Å²) in [6, 6.07) is 18.4. The van der Waals surface area contributed by atoms with E-state index < -0.39 is 6.17 Å². The molecule has 3 N–H and O–H groups in total. The van der Waals surface area contributed by atoms with Crippen LogP contribution in [0.25, 0.3) is 10.9 Å². The van der Waals surface area contributed by atoms with Crippen LogP contribution >= 0.6 is 23.2 Å². The van der Waals surface area contributed by atoms with E-state index in [4.69, 9.17) is 27.9 Å². The lowest BCUT2D eigenvalue weighted by atomic mass is 10.0. The van der Waals surface area contributed by atoms with Gasteiger partial charge in [0.05, 0.1) is 11.7 Å². The normalized spacial score (nSPS) is 15.1.